The zero-order valence-electron chi connectivity index (χ0n) is 15.2. The number of benzene rings is 1. The van der Waals surface area contributed by atoms with Crippen LogP contribution in [0.3, 0.4) is 0 Å². The highest BCUT2D eigenvalue weighted by atomic mass is 19.1. The second kappa shape index (κ2) is 6.68. The first-order valence-electron chi connectivity index (χ1n) is 9.79. The molecule has 2 aromatic rings. The van der Waals surface area contributed by atoms with Crippen molar-refractivity contribution < 1.29 is 13.5 Å². The van der Waals surface area contributed by atoms with Gasteiger partial charge in [0.1, 0.15) is 12.0 Å². The summed E-state index contributed by atoms with van der Waals surface area (Å²) in [4.78, 5) is 6.78. The Morgan fingerprint density at radius 2 is 2.11 bits per heavy atom. The molecule has 0 radical (unpaired) electrons. The molecule has 2 saturated heterocycles. The summed E-state index contributed by atoms with van der Waals surface area (Å²) in [5.74, 6) is 0.950. The lowest BCUT2D eigenvalue weighted by molar-refractivity contribution is -0.0541. The number of nitrogens with two attached hydrogens (primary N) is 1. The van der Waals surface area contributed by atoms with E-state index >= 15 is 0 Å². The average molecular weight is 377 g/mol. The van der Waals surface area contributed by atoms with Crippen molar-refractivity contribution >= 4 is 17.0 Å². The van der Waals surface area contributed by atoms with Gasteiger partial charge in [0.15, 0.2) is 6.23 Å². The van der Waals surface area contributed by atoms with Gasteiger partial charge in [0.05, 0.1) is 29.7 Å². The van der Waals surface area contributed by atoms with E-state index in [4.69, 9.17) is 15.5 Å². The van der Waals surface area contributed by atoms with Crippen LogP contribution in [0.15, 0.2) is 18.2 Å². The zero-order valence-corrected chi connectivity index (χ0v) is 15.2. The number of anilines is 1. The molecule has 1 saturated carbocycles. The van der Waals surface area contributed by atoms with Crippen LogP contribution in [0.2, 0.25) is 0 Å². The summed E-state index contributed by atoms with van der Waals surface area (Å²) in [7, 11) is 0. The van der Waals surface area contributed by atoms with Gasteiger partial charge in [-0.1, -0.05) is 0 Å². The maximum Gasteiger partial charge on any atom is 0.208 e. The van der Waals surface area contributed by atoms with Crippen LogP contribution < -0.4 is 16.0 Å². The molecule has 8 heteroatoms. The van der Waals surface area contributed by atoms with Crippen molar-refractivity contribution in [2.45, 2.75) is 43.7 Å². The topological polar surface area (TPSA) is 68.3 Å². The fourth-order valence-electron chi connectivity index (χ4n) is 4.36. The van der Waals surface area contributed by atoms with Gasteiger partial charge in [0.25, 0.3) is 0 Å². The second-order valence-electron chi connectivity index (χ2n) is 7.91. The zero-order chi connectivity index (χ0) is 18.5. The molecule has 6 nitrogen and oxygen atoms in total. The third-order valence-corrected chi connectivity index (χ3v) is 5.95. The summed E-state index contributed by atoms with van der Waals surface area (Å²) >= 11 is 0. The molecule has 0 spiro atoms. The molecule has 0 bridgehead atoms. The molecule has 4 atom stereocenters. The van der Waals surface area contributed by atoms with Crippen molar-refractivity contribution in [1.82, 2.24) is 14.9 Å². The smallest absolute Gasteiger partial charge is 0.208 e. The Balaban J connectivity index is 1.61. The van der Waals surface area contributed by atoms with Gasteiger partial charge in [-0.3, -0.25) is 4.57 Å². The van der Waals surface area contributed by atoms with Gasteiger partial charge in [0, 0.05) is 19.6 Å². The quantitative estimate of drug-likeness (QED) is 0.856. The predicted molar refractivity (Wildman–Crippen MR) is 98.9 cm³/mol. The number of fused-ring (bicyclic) bond motifs is 1. The Bertz CT molecular complexity index is 839. The SMILES string of the molecule is N[C@@H]1CN(c2nc3ccc(F)cc3n2C2OCCNC2C2CC2)CC[C@H]1F. The fourth-order valence-corrected chi connectivity index (χ4v) is 4.36. The van der Waals surface area contributed by atoms with Crippen LogP contribution in [0.25, 0.3) is 11.0 Å². The van der Waals surface area contributed by atoms with Crippen LogP contribution in [0.1, 0.15) is 25.5 Å². The number of hydrogen-bond acceptors (Lipinski definition) is 5. The number of aromatic nitrogens is 2. The largest absolute Gasteiger partial charge is 0.355 e. The van der Waals surface area contributed by atoms with Crippen LogP contribution in [0.5, 0.6) is 0 Å². The van der Waals surface area contributed by atoms with E-state index in [1.165, 1.54) is 25.0 Å². The van der Waals surface area contributed by atoms with Crippen molar-refractivity contribution in [2.24, 2.45) is 11.7 Å². The monoisotopic (exact) mass is 377 g/mol. The molecule has 3 fully saturated rings. The molecule has 146 valence electrons. The van der Waals surface area contributed by atoms with Gasteiger partial charge in [-0.25, -0.2) is 13.8 Å². The highest BCUT2D eigenvalue weighted by Crippen LogP contribution is 2.41. The fraction of sp³-hybridized carbons (Fsp3) is 0.632. The summed E-state index contributed by atoms with van der Waals surface area (Å²) in [5.41, 5.74) is 7.40. The Hall–Kier alpha value is -1.77. The summed E-state index contributed by atoms with van der Waals surface area (Å²) in [6, 6.07) is 4.24. The van der Waals surface area contributed by atoms with Crippen LogP contribution in [0.4, 0.5) is 14.7 Å². The molecule has 27 heavy (non-hydrogen) atoms. The molecular formula is C19H25F2N5O. The lowest BCUT2D eigenvalue weighted by atomic mass is 10.1. The molecular weight excluding hydrogens is 352 g/mol. The molecule has 1 aromatic heterocycles. The number of hydrogen-bond donors (Lipinski definition) is 2. The minimum absolute atomic E-state index is 0.172. The summed E-state index contributed by atoms with van der Waals surface area (Å²) in [6.07, 6.45) is 1.46. The third kappa shape index (κ3) is 3.09. The van der Waals surface area contributed by atoms with Crippen molar-refractivity contribution in [3.05, 3.63) is 24.0 Å². The van der Waals surface area contributed by atoms with Crippen molar-refractivity contribution in [2.75, 3.05) is 31.1 Å². The number of imidazole rings is 1. The van der Waals surface area contributed by atoms with Gasteiger partial charge < -0.3 is 20.7 Å². The third-order valence-electron chi connectivity index (χ3n) is 5.95. The molecule has 3 aliphatic rings. The first-order valence-corrected chi connectivity index (χ1v) is 9.79. The Morgan fingerprint density at radius 1 is 1.26 bits per heavy atom. The van der Waals surface area contributed by atoms with E-state index in [1.807, 2.05) is 9.47 Å². The molecule has 2 aliphatic heterocycles. The number of ether oxygens (including phenoxy) is 1. The van der Waals surface area contributed by atoms with E-state index in [-0.39, 0.29) is 18.1 Å². The predicted octanol–water partition coefficient (Wildman–Crippen LogP) is 1.95. The molecule has 1 aliphatic carbocycles. The number of morpholine rings is 1. The maximum atomic E-state index is 14.0. The Morgan fingerprint density at radius 3 is 2.89 bits per heavy atom. The average Bonchev–Trinajstić information content (AvgIpc) is 3.45. The van der Waals surface area contributed by atoms with Gasteiger partial charge in [-0.05, 0) is 43.4 Å². The van der Waals surface area contributed by atoms with E-state index < -0.39 is 12.2 Å². The van der Waals surface area contributed by atoms with Crippen LogP contribution in [-0.4, -0.2) is 54.0 Å². The van der Waals surface area contributed by atoms with Crippen molar-refractivity contribution in [3.63, 3.8) is 0 Å². The van der Waals surface area contributed by atoms with Gasteiger partial charge in [-0.2, -0.15) is 0 Å². The first kappa shape index (κ1) is 17.3. The molecule has 3 N–H and O–H groups in total. The Kier molecular flexibility index (Phi) is 4.29. The van der Waals surface area contributed by atoms with E-state index in [1.54, 1.807) is 6.07 Å². The summed E-state index contributed by atoms with van der Waals surface area (Å²) in [6.45, 7) is 2.33. The lowest BCUT2D eigenvalue weighted by Gasteiger charge is -2.38. The summed E-state index contributed by atoms with van der Waals surface area (Å²) in [5, 5.41) is 3.57. The normalized spacial score (nSPS) is 32.2. The minimum Gasteiger partial charge on any atom is -0.355 e. The van der Waals surface area contributed by atoms with Gasteiger partial charge in [-0.15, -0.1) is 0 Å². The number of nitrogens with one attached hydrogen (secondary N) is 1. The van der Waals surface area contributed by atoms with E-state index in [9.17, 15) is 8.78 Å². The molecule has 0 amide bonds. The molecule has 5 rings (SSSR count). The Labute approximate surface area is 156 Å². The minimum atomic E-state index is -0.997. The highest BCUT2D eigenvalue weighted by Gasteiger charge is 2.42. The van der Waals surface area contributed by atoms with Crippen LogP contribution in [-0.2, 0) is 4.74 Å². The number of piperidine rings is 1. The second-order valence-corrected chi connectivity index (χ2v) is 7.91. The highest BCUT2D eigenvalue weighted by molar-refractivity contribution is 5.79. The first-order chi connectivity index (χ1) is 13.1. The number of alkyl halides is 1. The standard InChI is InChI=1S/C19H25F2N5O/c20-12-3-4-15-16(9-12)26(18-17(11-1-2-11)23-6-8-27-18)19(24-15)25-7-5-13(21)14(22)10-25/h3-4,9,11,13-14,17-18,23H,1-2,5-8,10,22H2/t13-,14-,17?,18?/m1/s1. The number of halogens is 2. The number of nitrogens with zero attached hydrogens (tertiary/aromatic N) is 3. The molecule has 1 aromatic carbocycles. The molecule has 2 unspecified atom stereocenters. The molecule has 3 heterocycles. The van der Waals surface area contributed by atoms with Gasteiger partial charge >= 0.3 is 0 Å². The number of rotatable bonds is 3. The van der Waals surface area contributed by atoms with Gasteiger partial charge in [0.2, 0.25) is 5.95 Å². The van der Waals surface area contributed by atoms with Crippen molar-refractivity contribution in [3.8, 4) is 0 Å². The lowest BCUT2D eigenvalue weighted by Crippen LogP contribution is -2.52. The van der Waals surface area contributed by atoms with E-state index in [0.29, 0.717) is 49.0 Å². The maximum absolute atomic E-state index is 14.0. The van der Waals surface area contributed by atoms with Crippen LogP contribution in [0, 0.1) is 11.7 Å². The van der Waals surface area contributed by atoms with Crippen molar-refractivity contribution in [1.29, 1.82) is 0 Å². The van der Waals surface area contributed by atoms with Crippen LogP contribution >= 0.6 is 0 Å². The summed E-state index contributed by atoms with van der Waals surface area (Å²) < 4.78 is 36.1. The van der Waals surface area contributed by atoms with E-state index in [0.717, 1.165) is 6.54 Å². The van der Waals surface area contributed by atoms with E-state index in [2.05, 4.69) is 5.32 Å².